The first-order valence-electron chi connectivity index (χ1n) is 9.92. The molecule has 0 amide bonds. The second-order valence-electron chi connectivity index (χ2n) is 7.90. The molecule has 0 radical (unpaired) electrons. The minimum absolute atomic E-state index is 0.159. The fourth-order valence-electron chi connectivity index (χ4n) is 3.63. The molecule has 2 aromatic carbocycles. The molecule has 2 aromatic rings. The zero-order chi connectivity index (χ0) is 19.4. The van der Waals surface area contributed by atoms with E-state index in [2.05, 4.69) is 85.7 Å². The summed E-state index contributed by atoms with van der Waals surface area (Å²) in [5.74, 6) is 0.857. The van der Waals surface area contributed by atoms with Gasteiger partial charge >= 0.3 is 0 Å². The van der Waals surface area contributed by atoms with E-state index in [1.807, 2.05) is 0 Å². The van der Waals surface area contributed by atoms with Gasteiger partial charge in [-0.05, 0) is 81.1 Å². The summed E-state index contributed by atoms with van der Waals surface area (Å²) in [7, 11) is 0. The molecule has 0 saturated carbocycles. The summed E-state index contributed by atoms with van der Waals surface area (Å²) in [6.07, 6.45) is 2.58. The maximum absolute atomic E-state index is 5.51. The van der Waals surface area contributed by atoms with E-state index in [1.54, 1.807) is 0 Å². The zero-order valence-electron chi connectivity index (χ0n) is 16.9. The van der Waals surface area contributed by atoms with Gasteiger partial charge in [-0.2, -0.15) is 0 Å². The fourth-order valence-corrected chi connectivity index (χ4v) is 3.92. The van der Waals surface area contributed by atoms with Gasteiger partial charge in [0.25, 0.3) is 0 Å². The lowest BCUT2D eigenvalue weighted by molar-refractivity contribution is 0.438. The molecule has 2 N–H and O–H groups in total. The number of anilines is 2. The third-order valence-corrected chi connectivity index (χ3v) is 5.74. The molecule has 0 unspecified atom stereocenters. The van der Waals surface area contributed by atoms with E-state index in [0.717, 1.165) is 24.7 Å². The Morgan fingerprint density at radius 1 is 1.07 bits per heavy atom. The Labute approximate surface area is 169 Å². The smallest absolute Gasteiger partial charge is 0.171 e. The van der Waals surface area contributed by atoms with Gasteiger partial charge in [0.15, 0.2) is 5.11 Å². The van der Waals surface area contributed by atoms with E-state index in [1.165, 1.54) is 35.2 Å². The molecule has 4 heteroatoms. The molecule has 1 aliphatic heterocycles. The van der Waals surface area contributed by atoms with Crippen molar-refractivity contribution in [2.45, 2.75) is 46.6 Å². The largest absolute Gasteiger partial charge is 0.372 e. The first-order chi connectivity index (χ1) is 12.9. The topological polar surface area (TPSA) is 27.3 Å². The number of benzene rings is 2. The van der Waals surface area contributed by atoms with Crippen molar-refractivity contribution in [3.63, 3.8) is 0 Å². The lowest BCUT2D eigenvalue weighted by atomic mass is 9.98. The summed E-state index contributed by atoms with van der Waals surface area (Å²) in [6.45, 7) is 11.0. The van der Waals surface area contributed by atoms with Crippen LogP contribution in [0.1, 0.15) is 49.4 Å². The highest BCUT2D eigenvalue weighted by molar-refractivity contribution is 7.80. The van der Waals surface area contributed by atoms with Crippen molar-refractivity contribution in [1.82, 2.24) is 5.32 Å². The number of rotatable bonds is 4. The molecular weight excluding hydrogens is 350 g/mol. The van der Waals surface area contributed by atoms with E-state index < -0.39 is 0 Å². The van der Waals surface area contributed by atoms with Gasteiger partial charge in [0, 0.05) is 24.5 Å². The SMILES string of the molecule is Cc1ccc(NC(=S)N[C@@H](C)c2ccc(N3CCC(C)CC3)cc2)c(C)c1. The Morgan fingerprint density at radius 3 is 2.37 bits per heavy atom. The summed E-state index contributed by atoms with van der Waals surface area (Å²) >= 11 is 5.51. The highest BCUT2D eigenvalue weighted by Gasteiger charge is 2.16. The third kappa shape index (κ3) is 5.23. The van der Waals surface area contributed by atoms with Crippen LogP contribution in [0.5, 0.6) is 0 Å². The first-order valence-corrected chi connectivity index (χ1v) is 10.3. The fraction of sp³-hybridized carbons (Fsp3) is 0.435. The number of piperidine rings is 1. The molecule has 1 aliphatic rings. The van der Waals surface area contributed by atoms with Gasteiger partial charge in [-0.25, -0.2) is 0 Å². The van der Waals surface area contributed by atoms with Gasteiger partial charge in [0.1, 0.15) is 0 Å². The number of aryl methyl sites for hydroxylation is 2. The van der Waals surface area contributed by atoms with E-state index in [0.29, 0.717) is 5.11 Å². The van der Waals surface area contributed by atoms with Crippen molar-refractivity contribution in [3.8, 4) is 0 Å². The van der Waals surface area contributed by atoms with Crippen LogP contribution in [0.2, 0.25) is 0 Å². The van der Waals surface area contributed by atoms with Crippen molar-refractivity contribution in [2.75, 3.05) is 23.3 Å². The van der Waals surface area contributed by atoms with Gasteiger partial charge in [-0.15, -0.1) is 0 Å². The Bertz CT molecular complexity index is 777. The Balaban J connectivity index is 1.57. The van der Waals surface area contributed by atoms with Crippen LogP contribution in [0, 0.1) is 19.8 Å². The van der Waals surface area contributed by atoms with Crippen LogP contribution in [0.4, 0.5) is 11.4 Å². The summed E-state index contributed by atoms with van der Waals surface area (Å²) in [5.41, 5.74) is 6.09. The molecule has 0 spiro atoms. The summed E-state index contributed by atoms with van der Waals surface area (Å²) < 4.78 is 0. The lowest BCUT2D eigenvalue weighted by Crippen LogP contribution is -2.33. The summed E-state index contributed by atoms with van der Waals surface area (Å²) in [5, 5.41) is 7.37. The van der Waals surface area contributed by atoms with Crippen LogP contribution in [0.25, 0.3) is 0 Å². The number of nitrogens with one attached hydrogen (secondary N) is 2. The predicted molar refractivity (Wildman–Crippen MR) is 121 cm³/mol. The highest BCUT2D eigenvalue weighted by atomic mass is 32.1. The predicted octanol–water partition coefficient (Wildman–Crippen LogP) is 5.59. The second-order valence-corrected chi connectivity index (χ2v) is 8.31. The second kappa shape index (κ2) is 8.75. The molecule has 0 aromatic heterocycles. The molecule has 27 heavy (non-hydrogen) atoms. The van der Waals surface area contributed by atoms with E-state index >= 15 is 0 Å². The quantitative estimate of drug-likeness (QED) is 0.675. The Kier molecular flexibility index (Phi) is 6.38. The average molecular weight is 382 g/mol. The Morgan fingerprint density at radius 2 is 1.74 bits per heavy atom. The normalized spacial score (nSPS) is 16.1. The number of thiocarbonyl (C=S) groups is 1. The van der Waals surface area contributed by atoms with Crippen molar-refractivity contribution in [3.05, 3.63) is 59.2 Å². The highest BCUT2D eigenvalue weighted by Crippen LogP contribution is 2.24. The van der Waals surface area contributed by atoms with Gasteiger partial charge in [0.05, 0.1) is 6.04 Å². The van der Waals surface area contributed by atoms with Gasteiger partial charge in [0.2, 0.25) is 0 Å². The lowest BCUT2D eigenvalue weighted by Gasteiger charge is -2.32. The standard InChI is InChI=1S/C23H31N3S/c1-16-11-13-26(14-12-16)21-8-6-20(7-9-21)19(4)24-23(27)25-22-10-5-17(2)15-18(22)3/h5-10,15-16,19H,11-14H2,1-4H3,(H2,24,25,27)/t19-/m0/s1. The van der Waals surface area contributed by atoms with Crippen molar-refractivity contribution in [1.29, 1.82) is 0 Å². The minimum Gasteiger partial charge on any atom is -0.372 e. The van der Waals surface area contributed by atoms with Crippen LogP contribution in [-0.4, -0.2) is 18.2 Å². The average Bonchev–Trinajstić information content (AvgIpc) is 2.65. The zero-order valence-corrected chi connectivity index (χ0v) is 17.7. The molecule has 1 heterocycles. The third-order valence-electron chi connectivity index (χ3n) is 5.52. The van der Waals surface area contributed by atoms with Crippen molar-refractivity contribution in [2.24, 2.45) is 5.92 Å². The molecule has 0 bridgehead atoms. The molecule has 3 rings (SSSR count). The van der Waals surface area contributed by atoms with Gasteiger partial charge < -0.3 is 15.5 Å². The van der Waals surface area contributed by atoms with Crippen LogP contribution in [-0.2, 0) is 0 Å². The molecular formula is C23H31N3S. The molecule has 1 fully saturated rings. The van der Waals surface area contributed by atoms with Crippen LogP contribution in [0.3, 0.4) is 0 Å². The summed E-state index contributed by atoms with van der Waals surface area (Å²) in [6, 6.07) is 15.4. The van der Waals surface area contributed by atoms with Crippen molar-refractivity contribution < 1.29 is 0 Å². The molecule has 144 valence electrons. The van der Waals surface area contributed by atoms with Crippen molar-refractivity contribution >= 4 is 28.7 Å². The van der Waals surface area contributed by atoms with Crippen LogP contribution < -0.4 is 15.5 Å². The van der Waals surface area contributed by atoms with Gasteiger partial charge in [-0.3, -0.25) is 0 Å². The molecule has 1 saturated heterocycles. The van der Waals surface area contributed by atoms with E-state index in [-0.39, 0.29) is 6.04 Å². The first kappa shape index (κ1) is 19.7. The molecule has 0 aliphatic carbocycles. The maximum Gasteiger partial charge on any atom is 0.171 e. The van der Waals surface area contributed by atoms with Crippen LogP contribution in [0.15, 0.2) is 42.5 Å². The number of hydrogen-bond acceptors (Lipinski definition) is 2. The Hall–Kier alpha value is -2.07. The van der Waals surface area contributed by atoms with E-state index in [4.69, 9.17) is 12.2 Å². The molecule has 3 nitrogen and oxygen atoms in total. The van der Waals surface area contributed by atoms with E-state index in [9.17, 15) is 0 Å². The molecule has 1 atom stereocenters. The number of hydrogen-bond donors (Lipinski definition) is 2. The van der Waals surface area contributed by atoms with Gasteiger partial charge in [-0.1, -0.05) is 36.8 Å². The summed E-state index contributed by atoms with van der Waals surface area (Å²) in [4.78, 5) is 2.49. The number of nitrogens with zero attached hydrogens (tertiary/aromatic N) is 1. The monoisotopic (exact) mass is 381 g/mol. The maximum atomic E-state index is 5.51. The van der Waals surface area contributed by atoms with Crippen LogP contribution >= 0.6 is 12.2 Å². The minimum atomic E-state index is 0.159.